The normalized spacial score (nSPS) is 12.2. The van der Waals surface area contributed by atoms with Crippen molar-refractivity contribution in [2.75, 3.05) is 13.2 Å². The van der Waals surface area contributed by atoms with E-state index >= 15 is 0 Å². The largest absolute Gasteiger partial charge is 0.475 e. The van der Waals surface area contributed by atoms with Crippen LogP contribution in [0.3, 0.4) is 0 Å². The first-order valence-electron chi connectivity index (χ1n) is 6.94. The lowest BCUT2D eigenvalue weighted by atomic mass is 10.1. The number of nitrogens with one attached hydrogen (secondary N) is 1. The molecule has 5 nitrogen and oxygen atoms in total. The summed E-state index contributed by atoms with van der Waals surface area (Å²) < 4.78 is 5.53. The molecule has 0 radical (unpaired) electrons. The van der Waals surface area contributed by atoms with Crippen LogP contribution >= 0.6 is 23.2 Å². The fraction of sp³-hybridized carbons (Fsp3) is 0.400. The minimum absolute atomic E-state index is 0.137. The Balaban J connectivity index is 1.83. The van der Waals surface area contributed by atoms with Gasteiger partial charge in [-0.15, -0.1) is 0 Å². The van der Waals surface area contributed by atoms with Crippen LogP contribution in [0, 0.1) is 13.8 Å². The minimum atomic E-state index is 0.137. The topological polar surface area (TPSA) is 59.9 Å². The molecular weight excluding hydrogens is 323 g/mol. The molecule has 2 heterocycles. The van der Waals surface area contributed by atoms with Crippen LogP contribution in [0.1, 0.15) is 30.0 Å². The predicted octanol–water partition coefficient (Wildman–Crippen LogP) is 3.52. The van der Waals surface area contributed by atoms with Crippen molar-refractivity contribution in [3.8, 4) is 5.88 Å². The van der Waals surface area contributed by atoms with Gasteiger partial charge in [0.05, 0.1) is 5.02 Å². The fourth-order valence-corrected chi connectivity index (χ4v) is 2.49. The Labute approximate surface area is 140 Å². The van der Waals surface area contributed by atoms with Gasteiger partial charge in [0.15, 0.2) is 0 Å². The Morgan fingerprint density at radius 1 is 1.23 bits per heavy atom. The van der Waals surface area contributed by atoms with Gasteiger partial charge in [0.1, 0.15) is 17.5 Å². The van der Waals surface area contributed by atoms with Crippen LogP contribution in [-0.4, -0.2) is 28.1 Å². The highest BCUT2D eigenvalue weighted by molar-refractivity contribution is 6.35. The molecule has 22 heavy (non-hydrogen) atoms. The molecular formula is C15H18Cl2N4O. The van der Waals surface area contributed by atoms with E-state index in [1.54, 1.807) is 6.07 Å². The SMILES string of the molecule is Cc1ncc([C@@H](C)NCCOc2ncc(Cl)cc2Cl)c(C)n1. The van der Waals surface area contributed by atoms with Crippen molar-refractivity contribution >= 4 is 23.2 Å². The van der Waals surface area contributed by atoms with E-state index in [-0.39, 0.29) is 6.04 Å². The van der Waals surface area contributed by atoms with Gasteiger partial charge in [0, 0.05) is 36.2 Å². The van der Waals surface area contributed by atoms with Gasteiger partial charge in [0.25, 0.3) is 0 Å². The van der Waals surface area contributed by atoms with Gasteiger partial charge in [-0.1, -0.05) is 23.2 Å². The van der Waals surface area contributed by atoms with Crippen LogP contribution in [0.25, 0.3) is 0 Å². The first-order valence-corrected chi connectivity index (χ1v) is 7.70. The van der Waals surface area contributed by atoms with Crippen molar-refractivity contribution in [3.63, 3.8) is 0 Å². The standard InChI is InChI=1S/C15H18Cl2N4O/c1-9(13-8-19-11(3)21-10(13)2)18-4-5-22-15-14(17)6-12(16)7-20-15/h6-9,18H,4-5H2,1-3H3/t9-/m1/s1. The van der Waals surface area contributed by atoms with E-state index in [1.165, 1.54) is 6.20 Å². The summed E-state index contributed by atoms with van der Waals surface area (Å²) in [5.41, 5.74) is 2.06. The summed E-state index contributed by atoms with van der Waals surface area (Å²) in [4.78, 5) is 12.6. The second-order valence-corrected chi connectivity index (χ2v) is 5.77. The van der Waals surface area contributed by atoms with Crippen LogP contribution in [-0.2, 0) is 0 Å². The number of halogens is 2. The Hall–Kier alpha value is -1.43. The number of hydrogen-bond donors (Lipinski definition) is 1. The predicted molar refractivity (Wildman–Crippen MR) is 87.7 cm³/mol. The monoisotopic (exact) mass is 340 g/mol. The van der Waals surface area contributed by atoms with Gasteiger partial charge < -0.3 is 10.1 Å². The third kappa shape index (κ3) is 4.53. The van der Waals surface area contributed by atoms with Crippen molar-refractivity contribution < 1.29 is 4.74 Å². The molecule has 7 heteroatoms. The molecule has 0 saturated carbocycles. The molecule has 0 aliphatic heterocycles. The number of aromatic nitrogens is 3. The molecule has 0 fully saturated rings. The van der Waals surface area contributed by atoms with E-state index < -0.39 is 0 Å². The van der Waals surface area contributed by atoms with Crippen LogP contribution in [0.2, 0.25) is 10.0 Å². The molecule has 0 bridgehead atoms. The first-order chi connectivity index (χ1) is 10.5. The second-order valence-electron chi connectivity index (χ2n) is 4.92. The number of aryl methyl sites for hydroxylation is 2. The summed E-state index contributed by atoms with van der Waals surface area (Å²) in [6.45, 7) is 7.02. The van der Waals surface area contributed by atoms with E-state index in [2.05, 4.69) is 27.2 Å². The lowest BCUT2D eigenvalue weighted by Crippen LogP contribution is -2.25. The van der Waals surface area contributed by atoms with Gasteiger partial charge in [0.2, 0.25) is 5.88 Å². The van der Waals surface area contributed by atoms with E-state index in [4.69, 9.17) is 27.9 Å². The van der Waals surface area contributed by atoms with E-state index in [0.717, 1.165) is 17.1 Å². The quantitative estimate of drug-likeness (QED) is 0.815. The molecule has 0 unspecified atom stereocenters. The molecule has 118 valence electrons. The van der Waals surface area contributed by atoms with E-state index in [0.29, 0.717) is 29.1 Å². The van der Waals surface area contributed by atoms with Crippen LogP contribution in [0.4, 0.5) is 0 Å². The van der Waals surface area contributed by atoms with Crippen molar-refractivity contribution in [2.24, 2.45) is 0 Å². The van der Waals surface area contributed by atoms with Gasteiger partial charge in [-0.2, -0.15) is 0 Å². The third-order valence-corrected chi connectivity index (χ3v) is 3.65. The molecule has 0 aliphatic carbocycles. The second kappa shape index (κ2) is 7.72. The highest BCUT2D eigenvalue weighted by Crippen LogP contribution is 2.24. The summed E-state index contributed by atoms with van der Waals surface area (Å²) in [5, 5.41) is 4.25. The summed E-state index contributed by atoms with van der Waals surface area (Å²) in [7, 11) is 0. The maximum absolute atomic E-state index is 5.99. The molecule has 0 spiro atoms. The number of hydrogen-bond acceptors (Lipinski definition) is 5. The Morgan fingerprint density at radius 3 is 2.68 bits per heavy atom. The zero-order valence-electron chi connectivity index (χ0n) is 12.7. The molecule has 0 saturated heterocycles. The van der Waals surface area contributed by atoms with Gasteiger partial charge in [-0.05, 0) is 26.8 Å². The summed E-state index contributed by atoms with van der Waals surface area (Å²) >= 11 is 11.8. The van der Waals surface area contributed by atoms with Crippen molar-refractivity contribution in [1.29, 1.82) is 0 Å². The first kappa shape index (κ1) is 16.9. The number of rotatable bonds is 6. The summed E-state index contributed by atoms with van der Waals surface area (Å²) in [5.74, 6) is 1.16. The summed E-state index contributed by atoms with van der Waals surface area (Å²) in [6, 6.07) is 1.74. The highest BCUT2D eigenvalue weighted by atomic mass is 35.5. The molecule has 0 amide bonds. The Kier molecular flexibility index (Phi) is 5.94. The molecule has 2 aromatic heterocycles. The molecule has 0 aromatic carbocycles. The van der Waals surface area contributed by atoms with Gasteiger partial charge in [-0.25, -0.2) is 15.0 Å². The maximum atomic E-state index is 5.99. The lowest BCUT2D eigenvalue weighted by Gasteiger charge is -2.16. The number of ether oxygens (including phenoxy) is 1. The Morgan fingerprint density at radius 2 is 2.00 bits per heavy atom. The van der Waals surface area contributed by atoms with Crippen molar-refractivity contribution in [1.82, 2.24) is 20.3 Å². The lowest BCUT2D eigenvalue weighted by molar-refractivity contribution is 0.296. The van der Waals surface area contributed by atoms with Gasteiger partial charge in [-0.3, -0.25) is 0 Å². The number of nitrogens with zero attached hydrogens (tertiary/aromatic N) is 3. The van der Waals surface area contributed by atoms with E-state index in [9.17, 15) is 0 Å². The van der Waals surface area contributed by atoms with E-state index in [1.807, 2.05) is 20.0 Å². The molecule has 2 rings (SSSR count). The zero-order chi connectivity index (χ0) is 16.1. The van der Waals surface area contributed by atoms with Crippen molar-refractivity contribution in [2.45, 2.75) is 26.8 Å². The molecule has 1 N–H and O–H groups in total. The Bertz CT molecular complexity index is 651. The molecule has 0 aliphatic rings. The third-order valence-electron chi connectivity index (χ3n) is 3.17. The van der Waals surface area contributed by atoms with Gasteiger partial charge >= 0.3 is 0 Å². The number of pyridine rings is 1. The maximum Gasteiger partial charge on any atom is 0.232 e. The van der Waals surface area contributed by atoms with Crippen LogP contribution in [0.15, 0.2) is 18.5 Å². The summed E-state index contributed by atoms with van der Waals surface area (Å²) in [6.07, 6.45) is 3.36. The smallest absolute Gasteiger partial charge is 0.232 e. The average Bonchev–Trinajstić information content (AvgIpc) is 2.45. The molecule has 1 atom stereocenters. The zero-order valence-corrected chi connectivity index (χ0v) is 14.2. The molecule has 2 aromatic rings. The van der Waals surface area contributed by atoms with Crippen molar-refractivity contribution in [3.05, 3.63) is 45.6 Å². The average molecular weight is 341 g/mol. The fourth-order valence-electron chi connectivity index (χ4n) is 2.06. The highest BCUT2D eigenvalue weighted by Gasteiger charge is 2.10. The minimum Gasteiger partial charge on any atom is -0.475 e. The van der Waals surface area contributed by atoms with Crippen LogP contribution < -0.4 is 10.1 Å². The van der Waals surface area contributed by atoms with Crippen LogP contribution in [0.5, 0.6) is 5.88 Å².